The molecule has 0 aliphatic heterocycles. The van der Waals surface area contributed by atoms with Crippen molar-refractivity contribution >= 4 is 49.6 Å². The van der Waals surface area contributed by atoms with Gasteiger partial charge in [-0.05, 0) is 35.0 Å². The van der Waals surface area contributed by atoms with Crippen LogP contribution in [0.1, 0.15) is 10.5 Å². The molecule has 1 N–H and O–H groups in total. The zero-order chi connectivity index (χ0) is 28.9. The zero-order valence-electron chi connectivity index (χ0n) is 22.3. The summed E-state index contributed by atoms with van der Waals surface area (Å²) in [7, 11) is 3.53. The Morgan fingerprint density at radius 3 is 1.62 bits per heavy atom. The summed E-state index contributed by atoms with van der Waals surface area (Å²) in [5.74, 6) is -1.05. The van der Waals surface area contributed by atoms with Crippen LogP contribution < -0.4 is 11.1 Å². The van der Waals surface area contributed by atoms with Crippen LogP contribution in [0.3, 0.4) is 0 Å². The van der Waals surface area contributed by atoms with E-state index >= 15 is 0 Å². The molecule has 0 saturated heterocycles. The quantitative estimate of drug-likeness (QED) is 0.198. The summed E-state index contributed by atoms with van der Waals surface area (Å²) in [5, 5.41) is 11.2. The molecule has 0 spiro atoms. The van der Waals surface area contributed by atoms with Gasteiger partial charge in [0.2, 0.25) is 11.1 Å². The number of aromatic carboxylic acids is 1. The molecule has 1 radical (unpaired) electrons. The van der Waals surface area contributed by atoms with Gasteiger partial charge < -0.3 is 24.2 Å². The smallest absolute Gasteiger partial charge is 0.356 e. The minimum atomic E-state index is -1.05. The molecule has 42 heavy (non-hydrogen) atoms. The molecular weight excluding hydrogens is 713 g/mol. The second kappa shape index (κ2) is 13.0. The van der Waals surface area contributed by atoms with Gasteiger partial charge in [0.15, 0.2) is 5.69 Å². The Balaban J connectivity index is 0.000000149. The predicted molar refractivity (Wildman–Crippen MR) is 156 cm³/mol. The van der Waals surface area contributed by atoms with Crippen LogP contribution in [-0.4, -0.2) is 40.1 Å². The maximum Gasteiger partial charge on any atom is 0.356 e. The number of hydrogen-bond donors (Lipinski definition) is 1. The molecule has 5 heterocycles. The first-order chi connectivity index (χ1) is 19.9. The predicted octanol–water partition coefficient (Wildman–Crippen LogP) is 3.95. The number of pyridine rings is 4. The molecule has 0 atom stereocenters. The Hall–Kier alpha value is -5.12. The van der Waals surface area contributed by atoms with Gasteiger partial charge in [-0.2, -0.15) is 0 Å². The van der Waals surface area contributed by atoms with Gasteiger partial charge in [-0.3, -0.25) is 14.6 Å². The fraction of sp³-hybridized carbons (Fsp3) is 0.0645. The standard InChI is InChI=1S/2C13H9N2O.C5H4N2O2.Ir/c2*1-15-11-7-4-8-14-12(11)9-5-2-3-6-10(9)13(15)16;8-5(9)4-3-6-1-2-7-4;/h2*2-4,6-8H,1H3;1-3H,(H,8,9);/q2*-1;;. The molecule has 0 fully saturated rings. The third kappa shape index (κ3) is 5.83. The average molecular weight is 735 g/mol. The third-order valence-corrected chi connectivity index (χ3v) is 6.33. The van der Waals surface area contributed by atoms with Crippen LogP contribution in [0.2, 0.25) is 0 Å². The number of aromatic nitrogens is 6. The Bertz CT molecular complexity index is 2030. The van der Waals surface area contributed by atoms with Crippen LogP contribution in [0.25, 0.3) is 43.6 Å². The van der Waals surface area contributed by atoms with E-state index in [9.17, 15) is 14.4 Å². The summed E-state index contributed by atoms with van der Waals surface area (Å²) in [4.78, 5) is 49.9. The van der Waals surface area contributed by atoms with E-state index in [1.807, 2.05) is 48.5 Å². The molecule has 7 aromatic rings. The molecule has 2 aromatic carbocycles. The fourth-order valence-electron chi connectivity index (χ4n) is 4.33. The van der Waals surface area contributed by atoms with E-state index in [0.29, 0.717) is 10.8 Å². The van der Waals surface area contributed by atoms with E-state index in [2.05, 4.69) is 32.1 Å². The Morgan fingerprint density at radius 2 is 1.21 bits per heavy atom. The van der Waals surface area contributed by atoms with Gasteiger partial charge in [-0.15, -0.1) is 59.3 Å². The number of benzene rings is 2. The normalized spacial score (nSPS) is 10.3. The number of carboxylic acid groups (broad SMARTS) is 1. The average Bonchev–Trinajstić information content (AvgIpc) is 3.03. The Labute approximate surface area is 252 Å². The molecule has 7 rings (SSSR count). The van der Waals surface area contributed by atoms with Gasteiger partial charge >= 0.3 is 5.97 Å². The number of hydrogen-bond acceptors (Lipinski definition) is 7. The molecule has 0 saturated carbocycles. The van der Waals surface area contributed by atoms with Crippen molar-refractivity contribution < 1.29 is 30.0 Å². The van der Waals surface area contributed by atoms with E-state index in [0.717, 1.165) is 32.8 Å². The molecule has 0 aliphatic rings. The molecule has 211 valence electrons. The number of fused-ring (bicyclic) bond motifs is 6. The Kier molecular flexibility index (Phi) is 9.26. The molecule has 0 amide bonds. The van der Waals surface area contributed by atoms with E-state index in [4.69, 9.17) is 5.11 Å². The van der Waals surface area contributed by atoms with Crippen molar-refractivity contribution in [3.8, 4) is 0 Å². The molecule has 0 aliphatic carbocycles. The summed E-state index contributed by atoms with van der Waals surface area (Å²) in [6, 6.07) is 24.5. The summed E-state index contributed by atoms with van der Waals surface area (Å²) >= 11 is 0. The van der Waals surface area contributed by atoms with Gasteiger partial charge in [0.25, 0.3) is 0 Å². The van der Waals surface area contributed by atoms with Crippen LogP contribution in [-0.2, 0) is 34.2 Å². The van der Waals surface area contributed by atoms with Gasteiger partial charge in [-0.25, -0.2) is 9.78 Å². The Morgan fingerprint density at radius 1 is 0.714 bits per heavy atom. The minimum Gasteiger partial charge on any atom is -0.476 e. The molecule has 5 aromatic heterocycles. The van der Waals surface area contributed by atoms with Crippen molar-refractivity contribution in [2.75, 3.05) is 0 Å². The van der Waals surface area contributed by atoms with Crippen LogP contribution in [0, 0.1) is 12.1 Å². The fourth-order valence-corrected chi connectivity index (χ4v) is 4.33. The van der Waals surface area contributed by atoms with Crippen molar-refractivity contribution in [1.82, 2.24) is 29.1 Å². The maximum absolute atomic E-state index is 12.1. The van der Waals surface area contributed by atoms with E-state index in [1.165, 1.54) is 18.6 Å². The van der Waals surface area contributed by atoms with Crippen molar-refractivity contribution in [3.05, 3.63) is 130 Å². The number of carbonyl (C=O) groups is 1. The van der Waals surface area contributed by atoms with Crippen molar-refractivity contribution in [1.29, 1.82) is 0 Å². The SMILES string of the molecule is Cn1c(=O)c2ccc[c-]c2c2ncccc21.Cn1c(=O)c2ccc[c-]c2c2ncccc21.O=C(O)c1cnccn1.[Ir]. The summed E-state index contributed by atoms with van der Waals surface area (Å²) < 4.78 is 3.25. The van der Waals surface area contributed by atoms with Crippen LogP contribution in [0.5, 0.6) is 0 Å². The van der Waals surface area contributed by atoms with Crippen molar-refractivity contribution in [2.45, 2.75) is 0 Å². The summed E-state index contributed by atoms with van der Waals surface area (Å²) in [5.41, 5.74) is 3.27. The van der Waals surface area contributed by atoms with Crippen LogP contribution >= 0.6 is 0 Å². The van der Waals surface area contributed by atoms with Crippen molar-refractivity contribution in [2.24, 2.45) is 14.1 Å². The molecule has 10 nitrogen and oxygen atoms in total. The van der Waals surface area contributed by atoms with Gasteiger partial charge in [0.05, 0.1) is 6.20 Å². The molecule has 0 unspecified atom stereocenters. The first-order valence-corrected chi connectivity index (χ1v) is 12.4. The van der Waals surface area contributed by atoms with E-state index in [-0.39, 0.29) is 36.9 Å². The zero-order valence-corrected chi connectivity index (χ0v) is 24.7. The molecular formula is C31H22IrN6O4-2. The second-order valence-corrected chi connectivity index (χ2v) is 8.78. The van der Waals surface area contributed by atoms with Gasteiger partial charge in [0, 0.05) is 81.1 Å². The first-order valence-electron chi connectivity index (χ1n) is 12.4. The van der Waals surface area contributed by atoms with Gasteiger partial charge in [-0.1, -0.05) is 0 Å². The number of aryl methyl sites for hydroxylation is 2. The topological polar surface area (TPSA) is 133 Å². The maximum atomic E-state index is 12.1. The van der Waals surface area contributed by atoms with E-state index < -0.39 is 5.97 Å². The van der Waals surface area contributed by atoms with E-state index in [1.54, 1.807) is 47.8 Å². The van der Waals surface area contributed by atoms with Gasteiger partial charge in [0.1, 0.15) is 0 Å². The molecule has 0 bridgehead atoms. The van der Waals surface area contributed by atoms with Crippen LogP contribution in [0.15, 0.2) is 101 Å². The van der Waals surface area contributed by atoms with Crippen molar-refractivity contribution in [3.63, 3.8) is 0 Å². The minimum absolute atomic E-state index is 0. The summed E-state index contributed by atoms with van der Waals surface area (Å²) in [6.07, 6.45) is 7.42. The molecule has 11 heteroatoms. The second-order valence-electron chi connectivity index (χ2n) is 8.78. The van der Waals surface area contributed by atoms with Crippen LogP contribution in [0.4, 0.5) is 0 Å². The number of nitrogens with zero attached hydrogens (tertiary/aromatic N) is 6. The largest absolute Gasteiger partial charge is 0.476 e. The monoisotopic (exact) mass is 735 g/mol. The third-order valence-electron chi connectivity index (χ3n) is 6.33. The summed E-state index contributed by atoms with van der Waals surface area (Å²) in [6.45, 7) is 0. The first kappa shape index (κ1) is 29.9. The number of carboxylic acids is 1. The number of rotatable bonds is 1.